The second kappa shape index (κ2) is 5.54. The Hall–Kier alpha value is -3.02. The lowest BCUT2D eigenvalue weighted by molar-refractivity contribution is -0.384. The molecular formula is C10H9FN6O2. The molecule has 0 aliphatic heterocycles. The van der Waals surface area contributed by atoms with Crippen molar-refractivity contribution in [3.05, 3.63) is 33.6 Å². The Labute approximate surface area is 107 Å². The molecule has 0 atom stereocenters. The number of hydrazone groups is 1. The van der Waals surface area contributed by atoms with Gasteiger partial charge in [0, 0.05) is 0 Å². The quantitative estimate of drug-likeness (QED) is 0.325. The van der Waals surface area contributed by atoms with Gasteiger partial charge in [-0.3, -0.25) is 20.9 Å². The average molecular weight is 264 g/mol. The molecule has 0 spiro atoms. The topological polar surface area (TPSA) is 141 Å². The van der Waals surface area contributed by atoms with Crippen LogP contribution in [0, 0.1) is 39.6 Å². The van der Waals surface area contributed by atoms with Gasteiger partial charge in [-0.2, -0.15) is 10.4 Å². The van der Waals surface area contributed by atoms with Crippen LogP contribution in [0.2, 0.25) is 0 Å². The van der Waals surface area contributed by atoms with Crippen molar-refractivity contribution in [3.63, 3.8) is 0 Å². The summed E-state index contributed by atoms with van der Waals surface area (Å²) in [7, 11) is 0. The van der Waals surface area contributed by atoms with Crippen LogP contribution in [-0.2, 0) is 0 Å². The van der Waals surface area contributed by atoms with Gasteiger partial charge in [0.15, 0.2) is 5.84 Å². The van der Waals surface area contributed by atoms with Gasteiger partial charge in [-0.05, 0) is 18.6 Å². The molecule has 8 nitrogen and oxygen atoms in total. The van der Waals surface area contributed by atoms with E-state index in [4.69, 9.17) is 16.4 Å². The Morgan fingerprint density at radius 2 is 2.32 bits per heavy atom. The average Bonchev–Trinajstić information content (AvgIpc) is 2.33. The summed E-state index contributed by atoms with van der Waals surface area (Å²) in [6, 6.07) is 3.46. The summed E-state index contributed by atoms with van der Waals surface area (Å²) in [5, 5.41) is 29.8. The molecule has 0 heterocycles. The van der Waals surface area contributed by atoms with Gasteiger partial charge in [0.2, 0.25) is 5.71 Å². The van der Waals surface area contributed by atoms with E-state index in [1.54, 1.807) is 6.07 Å². The lowest BCUT2D eigenvalue weighted by Crippen LogP contribution is -2.22. The number of benzene rings is 1. The maximum absolute atomic E-state index is 13.2. The fraction of sp³-hybridized carbons (Fsp3) is 0.100. The number of hydrogen-bond donors (Lipinski definition) is 3. The van der Waals surface area contributed by atoms with Crippen molar-refractivity contribution in [2.45, 2.75) is 6.92 Å². The van der Waals surface area contributed by atoms with E-state index in [2.05, 4.69) is 10.5 Å². The number of nitrogens with two attached hydrogens (primary N) is 1. The van der Waals surface area contributed by atoms with Gasteiger partial charge >= 0.3 is 0 Å². The highest BCUT2D eigenvalue weighted by atomic mass is 19.1. The number of nitriles is 1. The zero-order chi connectivity index (χ0) is 14.6. The molecular weight excluding hydrogens is 255 g/mol. The zero-order valence-electron chi connectivity index (χ0n) is 9.77. The second-order valence-electron chi connectivity index (χ2n) is 3.47. The SMILES string of the molecule is Cc1cc(N/N=C(\C#N)C(=N)N)c([N+](=O)[O-])cc1F. The summed E-state index contributed by atoms with van der Waals surface area (Å²) >= 11 is 0. The molecule has 1 aromatic carbocycles. The number of nitro benzene ring substituents is 1. The molecule has 0 radical (unpaired) electrons. The van der Waals surface area contributed by atoms with Crippen LogP contribution in [0.5, 0.6) is 0 Å². The predicted molar refractivity (Wildman–Crippen MR) is 66.4 cm³/mol. The van der Waals surface area contributed by atoms with E-state index >= 15 is 0 Å². The molecule has 1 rings (SSSR count). The summed E-state index contributed by atoms with van der Waals surface area (Å²) in [5.41, 5.74) is 6.39. The van der Waals surface area contributed by atoms with Gasteiger partial charge in [-0.25, -0.2) is 4.39 Å². The molecule has 19 heavy (non-hydrogen) atoms. The number of rotatable bonds is 4. The van der Waals surface area contributed by atoms with Crippen molar-refractivity contribution < 1.29 is 9.31 Å². The smallest absolute Gasteiger partial charge is 0.297 e. The van der Waals surface area contributed by atoms with E-state index in [9.17, 15) is 14.5 Å². The lowest BCUT2D eigenvalue weighted by Gasteiger charge is -2.05. The Morgan fingerprint density at radius 3 is 2.79 bits per heavy atom. The van der Waals surface area contributed by atoms with Crippen LogP contribution in [0.3, 0.4) is 0 Å². The van der Waals surface area contributed by atoms with Crippen LogP contribution in [0.4, 0.5) is 15.8 Å². The number of hydrogen-bond acceptors (Lipinski definition) is 6. The Bertz CT molecular complexity index is 619. The molecule has 0 aliphatic carbocycles. The van der Waals surface area contributed by atoms with Crippen LogP contribution >= 0.6 is 0 Å². The molecule has 0 bridgehead atoms. The van der Waals surface area contributed by atoms with E-state index in [-0.39, 0.29) is 11.3 Å². The van der Waals surface area contributed by atoms with Gasteiger partial charge in [0.25, 0.3) is 5.69 Å². The monoisotopic (exact) mass is 264 g/mol. The predicted octanol–water partition coefficient (Wildman–Crippen LogP) is 1.27. The first kappa shape index (κ1) is 14.0. The van der Waals surface area contributed by atoms with Crippen molar-refractivity contribution in [1.82, 2.24) is 0 Å². The maximum atomic E-state index is 13.2. The number of nitrogens with one attached hydrogen (secondary N) is 2. The van der Waals surface area contributed by atoms with E-state index in [0.29, 0.717) is 0 Å². The minimum atomic E-state index is -0.791. The Kier molecular flexibility index (Phi) is 4.10. The normalized spacial score (nSPS) is 10.7. The number of halogens is 1. The maximum Gasteiger partial charge on any atom is 0.297 e. The molecule has 0 amide bonds. The third-order valence-corrected chi connectivity index (χ3v) is 2.12. The van der Waals surface area contributed by atoms with Gasteiger partial charge < -0.3 is 5.73 Å². The van der Waals surface area contributed by atoms with Crippen molar-refractivity contribution in [2.75, 3.05) is 5.43 Å². The number of nitrogens with zero attached hydrogens (tertiary/aromatic N) is 3. The minimum absolute atomic E-state index is 0.0992. The van der Waals surface area contributed by atoms with E-state index in [0.717, 1.165) is 6.07 Å². The van der Waals surface area contributed by atoms with Crippen LogP contribution in [0.25, 0.3) is 0 Å². The largest absolute Gasteiger partial charge is 0.382 e. The summed E-state index contributed by atoms with van der Waals surface area (Å²) < 4.78 is 13.2. The molecule has 0 saturated heterocycles. The van der Waals surface area contributed by atoms with Crippen LogP contribution in [0.15, 0.2) is 17.2 Å². The first-order valence-corrected chi connectivity index (χ1v) is 4.89. The van der Waals surface area contributed by atoms with Crippen molar-refractivity contribution in [3.8, 4) is 6.07 Å². The molecule has 9 heteroatoms. The van der Waals surface area contributed by atoms with Crippen molar-refractivity contribution in [2.24, 2.45) is 10.8 Å². The second-order valence-corrected chi connectivity index (χ2v) is 3.47. The van der Waals surface area contributed by atoms with Crippen molar-refractivity contribution in [1.29, 1.82) is 10.7 Å². The van der Waals surface area contributed by atoms with E-state index in [1.807, 2.05) is 0 Å². The first-order valence-electron chi connectivity index (χ1n) is 4.89. The molecule has 1 aromatic rings. The summed E-state index contributed by atoms with van der Waals surface area (Å²) in [5.74, 6) is -1.32. The van der Waals surface area contributed by atoms with Gasteiger partial charge in [-0.15, -0.1) is 0 Å². The van der Waals surface area contributed by atoms with Crippen LogP contribution < -0.4 is 11.2 Å². The van der Waals surface area contributed by atoms with E-state index in [1.165, 1.54) is 13.0 Å². The van der Waals surface area contributed by atoms with Crippen LogP contribution in [-0.4, -0.2) is 16.5 Å². The third kappa shape index (κ3) is 3.22. The van der Waals surface area contributed by atoms with Gasteiger partial charge in [0.1, 0.15) is 17.6 Å². The fourth-order valence-corrected chi connectivity index (χ4v) is 1.17. The molecule has 4 N–H and O–H groups in total. The van der Waals surface area contributed by atoms with Gasteiger partial charge in [-0.1, -0.05) is 0 Å². The Balaban J connectivity index is 3.21. The molecule has 0 aliphatic rings. The van der Waals surface area contributed by atoms with Crippen molar-refractivity contribution >= 4 is 22.9 Å². The lowest BCUT2D eigenvalue weighted by atomic mass is 10.2. The molecule has 0 unspecified atom stereocenters. The van der Waals surface area contributed by atoms with Crippen LogP contribution in [0.1, 0.15) is 5.56 Å². The Morgan fingerprint density at radius 1 is 1.68 bits per heavy atom. The first-order chi connectivity index (χ1) is 8.86. The summed E-state index contributed by atoms with van der Waals surface area (Å²) in [6.07, 6.45) is 0. The summed E-state index contributed by atoms with van der Waals surface area (Å²) in [4.78, 5) is 9.96. The number of aryl methyl sites for hydroxylation is 1. The minimum Gasteiger partial charge on any atom is -0.382 e. The number of nitro groups is 1. The van der Waals surface area contributed by atoms with Gasteiger partial charge in [0.05, 0.1) is 11.0 Å². The zero-order valence-corrected chi connectivity index (χ0v) is 9.77. The highest BCUT2D eigenvalue weighted by molar-refractivity contribution is 6.45. The van der Waals surface area contributed by atoms with E-state index < -0.39 is 28.0 Å². The summed E-state index contributed by atoms with van der Waals surface area (Å²) in [6.45, 7) is 1.42. The molecule has 0 saturated carbocycles. The molecule has 98 valence electrons. The third-order valence-electron chi connectivity index (χ3n) is 2.12. The number of anilines is 1. The standard InChI is InChI=1S/C10H9FN6O2/c1-5-2-7(9(17(18)19)3-6(5)11)15-16-8(4-12)10(13)14/h2-3,15H,1H3,(H3,13,14)/b16-8+. The fourth-order valence-electron chi connectivity index (χ4n) is 1.17. The highest BCUT2D eigenvalue weighted by Crippen LogP contribution is 2.27. The molecule has 0 fully saturated rings. The molecule has 0 aromatic heterocycles. The number of amidine groups is 1. The highest BCUT2D eigenvalue weighted by Gasteiger charge is 2.17.